The molecule has 0 spiro atoms. The van der Waals surface area contributed by atoms with Gasteiger partial charge in [-0.25, -0.2) is 9.97 Å². The molecule has 2 heterocycles. The van der Waals surface area contributed by atoms with E-state index in [4.69, 9.17) is 10.5 Å². The molecule has 40 heavy (non-hydrogen) atoms. The molecule has 2 aromatic carbocycles. The highest BCUT2D eigenvalue weighted by Gasteiger charge is 2.18. The van der Waals surface area contributed by atoms with Crippen LogP contribution in [0.5, 0.6) is 5.75 Å². The third kappa shape index (κ3) is 6.05. The van der Waals surface area contributed by atoms with Gasteiger partial charge in [0.05, 0.1) is 40.9 Å². The van der Waals surface area contributed by atoms with Gasteiger partial charge in [0.15, 0.2) is 0 Å². The van der Waals surface area contributed by atoms with Gasteiger partial charge in [0.25, 0.3) is 5.91 Å². The summed E-state index contributed by atoms with van der Waals surface area (Å²) in [5.41, 5.74) is 11.0. The topological polar surface area (TPSA) is 142 Å². The van der Waals surface area contributed by atoms with Crippen molar-refractivity contribution in [3.05, 3.63) is 66.5 Å². The van der Waals surface area contributed by atoms with Crippen LogP contribution in [0.2, 0.25) is 0 Å². The molecule has 0 saturated heterocycles. The third-order valence-electron chi connectivity index (χ3n) is 6.51. The van der Waals surface area contributed by atoms with Crippen molar-refractivity contribution in [3.8, 4) is 17.0 Å². The molecule has 0 atom stereocenters. The maximum absolute atomic E-state index is 12.3. The average molecular weight is 543 g/mol. The Morgan fingerprint density at radius 3 is 2.60 bits per heavy atom. The summed E-state index contributed by atoms with van der Waals surface area (Å²) in [6.45, 7) is 7.07. The molecule has 0 aliphatic heterocycles. The van der Waals surface area contributed by atoms with E-state index >= 15 is 0 Å². The van der Waals surface area contributed by atoms with Gasteiger partial charge in [-0.2, -0.15) is 0 Å². The van der Waals surface area contributed by atoms with Crippen molar-refractivity contribution in [1.29, 1.82) is 0 Å². The van der Waals surface area contributed by atoms with E-state index in [1.807, 2.05) is 51.3 Å². The Morgan fingerprint density at radius 1 is 1.15 bits per heavy atom. The lowest BCUT2D eigenvalue weighted by molar-refractivity contribution is -0.111. The van der Waals surface area contributed by atoms with E-state index in [0.29, 0.717) is 39.8 Å². The summed E-state index contributed by atoms with van der Waals surface area (Å²) in [4.78, 5) is 40.7. The Labute approximate surface area is 233 Å². The predicted molar refractivity (Wildman–Crippen MR) is 160 cm³/mol. The van der Waals surface area contributed by atoms with Gasteiger partial charge in [-0.1, -0.05) is 6.58 Å². The number of amides is 2. The van der Waals surface area contributed by atoms with E-state index in [9.17, 15) is 9.59 Å². The first-order chi connectivity index (χ1) is 19.1. The molecule has 2 aromatic heterocycles. The molecule has 0 saturated carbocycles. The summed E-state index contributed by atoms with van der Waals surface area (Å²) in [6, 6.07) is 9.06. The van der Waals surface area contributed by atoms with E-state index in [2.05, 4.69) is 37.1 Å². The highest BCUT2D eigenvalue weighted by molar-refractivity contribution is 6.07. The number of H-pyrrole nitrogens is 1. The Bertz CT molecular complexity index is 1580. The molecule has 11 nitrogen and oxygen atoms in total. The van der Waals surface area contributed by atoms with Gasteiger partial charge < -0.3 is 35.9 Å². The molecule has 0 aliphatic carbocycles. The van der Waals surface area contributed by atoms with Crippen LogP contribution in [-0.4, -0.2) is 73.0 Å². The predicted octanol–water partition coefficient (Wildman–Crippen LogP) is 3.91. The normalized spacial score (nSPS) is 10.9. The molecule has 208 valence electrons. The molecule has 4 rings (SSSR count). The Kier molecular flexibility index (Phi) is 8.34. The molecule has 11 heteroatoms. The number of primary amides is 1. The minimum absolute atomic E-state index is 0.303. The minimum atomic E-state index is -0.532. The molecule has 2 amide bonds. The van der Waals surface area contributed by atoms with Gasteiger partial charge >= 0.3 is 0 Å². The molecule has 0 aliphatic rings. The SMILES string of the molecule is C=CC(=O)Nc1cc(Nc2nccc(-c3cc(C(N)=O)c4[nH]cc(C)c4c3)n2)c(OC)cc1N(C)CCN(C)C. The first kappa shape index (κ1) is 28.1. The van der Waals surface area contributed by atoms with Crippen molar-refractivity contribution in [3.63, 3.8) is 0 Å². The number of ether oxygens (including phenoxy) is 1. The van der Waals surface area contributed by atoms with E-state index in [1.54, 1.807) is 31.5 Å². The van der Waals surface area contributed by atoms with Gasteiger partial charge in [0, 0.05) is 49.5 Å². The van der Waals surface area contributed by atoms with E-state index in [0.717, 1.165) is 35.3 Å². The number of anilines is 4. The Balaban J connectivity index is 1.73. The molecule has 0 radical (unpaired) electrons. The van der Waals surface area contributed by atoms with E-state index in [1.165, 1.54) is 6.08 Å². The maximum atomic E-state index is 12.3. The number of aromatic amines is 1. The molecule has 0 bridgehead atoms. The van der Waals surface area contributed by atoms with Crippen molar-refractivity contribution in [1.82, 2.24) is 19.9 Å². The first-order valence-corrected chi connectivity index (χ1v) is 12.6. The lowest BCUT2D eigenvalue weighted by Gasteiger charge is -2.26. The molecular weight excluding hydrogens is 508 g/mol. The molecular formula is C29H34N8O3. The second-order valence-corrected chi connectivity index (χ2v) is 9.66. The van der Waals surface area contributed by atoms with Crippen molar-refractivity contribution in [2.75, 3.05) is 56.9 Å². The van der Waals surface area contributed by atoms with Crippen LogP contribution in [0.25, 0.3) is 22.2 Å². The van der Waals surface area contributed by atoms with Gasteiger partial charge in [-0.3, -0.25) is 9.59 Å². The number of carbonyl (C=O) groups is 2. The van der Waals surface area contributed by atoms with Crippen molar-refractivity contribution >= 4 is 45.7 Å². The van der Waals surface area contributed by atoms with Crippen molar-refractivity contribution < 1.29 is 14.3 Å². The minimum Gasteiger partial charge on any atom is -0.494 e. The number of carbonyl (C=O) groups excluding carboxylic acids is 2. The summed E-state index contributed by atoms with van der Waals surface area (Å²) >= 11 is 0. The number of rotatable bonds is 11. The molecule has 4 aromatic rings. The van der Waals surface area contributed by atoms with Crippen LogP contribution in [0.1, 0.15) is 15.9 Å². The standard InChI is InChI=1S/C29H34N8O3/c1-7-26(38)33-22-14-23(25(40-6)15-24(22)37(5)11-10-36(3)4)35-29-31-9-8-21(34-29)18-12-19-17(2)16-32-27(19)20(13-18)28(30)39/h7-9,12-16,32H,1,10-11H2,2-6H3,(H2,30,39)(H,33,38)(H,31,34,35). The number of hydrogen-bond acceptors (Lipinski definition) is 8. The molecule has 0 fully saturated rings. The number of methoxy groups -OCH3 is 1. The second-order valence-electron chi connectivity index (χ2n) is 9.66. The number of nitrogens with one attached hydrogen (secondary N) is 3. The molecule has 5 N–H and O–H groups in total. The monoisotopic (exact) mass is 542 g/mol. The van der Waals surface area contributed by atoms with Crippen LogP contribution in [0, 0.1) is 6.92 Å². The number of nitrogens with zero attached hydrogens (tertiary/aromatic N) is 4. The number of nitrogens with two attached hydrogens (primary N) is 1. The quantitative estimate of drug-likeness (QED) is 0.209. The summed E-state index contributed by atoms with van der Waals surface area (Å²) < 4.78 is 5.69. The fraction of sp³-hybridized carbons (Fsp3) is 0.241. The smallest absolute Gasteiger partial charge is 0.250 e. The second kappa shape index (κ2) is 11.9. The van der Waals surface area contributed by atoms with Gasteiger partial charge in [0.2, 0.25) is 11.9 Å². The van der Waals surface area contributed by atoms with Crippen LogP contribution < -0.4 is 26.0 Å². The molecule has 0 unspecified atom stereocenters. The fourth-order valence-corrected chi connectivity index (χ4v) is 4.31. The summed E-state index contributed by atoms with van der Waals surface area (Å²) in [7, 11) is 7.53. The van der Waals surface area contributed by atoms with E-state index < -0.39 is 5.91 Å². The first-order valence-electron chi connectivity index (χ1n) is 12.6. The van der Waals surface area contributed by atoms with Gasteiger partial charge in [-0.15, -0.1) is 0 Å². The zero-order valence-corrected chi connectivity index (χ0v) is 23.3. The lowest BCUT2D eigenvalue weighted by Crippen LogP contribution is -2.29. The third-order valence-corrected chi connectivity index (χ3v) is 6.51. The van der Waals surface area contributed by atoms with Gasteiger partial charge in [0.1, 0.15) is 5.75 Å². The van der Waals surface area contributed by atoms with Crippen LogP contribution in [0.4, 0.5) is 23.0 Å². The van der Waals surface area contributed by atoms with Crippen LogP contribution >= 0.6 is 0 Å². The van der Waals surface area contributed by atoms with Crippen LogP contribution in [-0.2, 0) is 4.79 Å². The largest absolute Gasteiger partial charge is 0.494 e. The number of fused-ring (bicyclic) bond motifs is 1. The summed E-state index contributed by atoms with van der Waals surface area (Å²) in [5, 5.41) is 6.99. The number of likely N-dealkylation sites (N-methyl/N-ethyl adjacent to an activating group) is 2. The summed E-state index contributed by atoms with van der Waals surface area (Å²) in [6.07, 6.45) is 4.68. The summed E-state index contributed by atoms with van der Waals surface area (Å²) in [5.74, 6) is -0.0254. The number of hydrogen-bond donors (Lipinski definition) is 4. The number of benzene rings is 2. The van der Waals surface area contributed by atoms with Crippen LogP contribution in [0.15, 0.2) is 55.4 Å². The fourth-order valence-electron chi connectivity index (χ4n) is 4.31. The highest BCUT2D eigenvalue weighted by Crippen LogP contribution is 2.38. The van der Waals surface area contributed by atoms with Gasteiger partial charge in [-0.05, 0) is 56.9 Å². The zero-order chi connectivity index (χ0) is 29.0. The lowest BCUT2D eigenvalue weighted by atomic mass is 10.0. The maximum Gasteiger partial charge on any atom is 0.250 e. The average Bonchev–Trinajstić information content (AvgIpc) is 3.31. The number of aromatic nitrogens is 3. The van der Waals surface area contributed by atoms with Crippen molar-refractivity contribution in [2.45, 2.75) is 6.92 Å². The van der Waals surface area contributed by atoms with E-state index in [-0.39, 0.29) is 5.91 Å². The zero-order valence-electron chi connectivity index (χ0n) is 23.3. The Morgan fingerprint density at radius 2 is 1.93 bits per heavy atom. The number of aryl methyl sites for hydroxylation is 1. The highest BCUT2D eigenvalue weighted by atomic mass is 16.5. The Hall–Kier alpha value is -4.90. The van der Waals surface area contributed by atoms with Crippen LogP contribution in [0.3, 0.4) is 0 Å². The van der Waals surface area contributed by atoms with Crippen molar-refractivity contribution in [2.24, 2.45) is 5.73 Å².